The minimum atomic E-state index is -0.480. The van der Waals surface area contributed by atoms with E-state index in [-0.39, 0.29) is 5.82 Å². The Morgan fingerprint density at radius 1 is 1.73 bits per heavy atom. The van der Waals surface area contributed by atoms with Crippen LogP contribution in [0.4, 0.5) is 5.82 Å². The highest BCUT2D eigenvalue weighted by Crippen LogP contribution is 2.23. The van der Waals surface area contributed by atoms with E-state index < -0.39 is 4.92 Å². The summed E-state index contributed by atoms with van der Waals surface area (Å²) in [7, 11) is 0. The minimum absolute atomic E-state index is 0.0694. The van der Waals surface area contributed by atoms with E-state index in [4.69, 9.17) is 0 Å². The molecule has 0 aliphatic carbocycles. The Kier molecular flexibility index (Phi) is 2.43. The topological polar surface area (TPSA) is 56.0 Å². The van der Waals surface area contributed by atoms with Gasteiger partial charge in [0.05, 0.1) is 0 Å². The second-order valence-electron chi connectivity index (χ2n) is 1.79. The number of hydrogen-bond acceptors (Lipinski definition) is 4. The Hall–Kier alpha value is -1.10. The molecule has 5 heteroatoms. The zero-order chi connectivity index (χ0) is 8.27. The zero-order valence-electron chi connectivity index (χ0n) is 5.85. The first kappa shape index (κ1) is 8.00. The predicted octanol–water partition coefficient (Wildman–Crippen LogP) is 1.71. The molecule has 11 heavy (non-hydrogen) atoms. The molecule has 0 aliphatic heterocycles. The number of rotatable bonds is 2. The molecule has 0 aliphatic rings. The summed E-state index contributed by atoms with van der Waals surface area (Å²) in [5.74, 6) is -0.0694. The number of nitrogens with zero attached hydrogens (tertiary/aromatic N) is 2. The molecule has 1 aromatic heterocycles. The van der Waals surface area contributed by atoms with Crippen LogP contribution in [0.25, 0.3) is 0 Å². The second kappa shape index (κ2) is 3.34. The van der Waals surface area contributed by atoms with Gasteiger partial charge in [-0.3, -0.25) is 0 Å². The van der Waals surface area contributed by atoms with Crippen molar-refractivity contribution in [3.63, 3.8) is 0 Å². The van der Waals surface area contributed by atoms with Gasteiger partial charge >= 0.3 is 5.82 Å². The Morgan fingerprint density at radius 3 is 2.91 bits per heavy atom. The van der Waals surface area contributed by atoms with Gasteiger partial charge in [0, 0.05) is 0 Å². The SMILES string of the molecule is CSc1cccnc1[N+](=O)[O-]. The van der Waals surface area contributed by atoms with Crippen molar-refractivity contribution in [2.24, 2.45) is 0 Å². The third kappa shape index (κ3) is 1.68. The Morgan fingerprint density at radius 2 is 2.45 bits per heavy atom. The maximum Gasteiger partial charge on any atom is 0.377 e. The van der Waals surface area contributed by atoms with Crippen LogP contribution in [0.5, 0.6) is 0 Å². The fourth-order valence-corrected chi connectivity index (χ4v) is 1.20. The molecule has 1 aromatic rings. The van der Waals surface area contributed by atoms with Crippen LogP contribution >= 0.6 is 11.8 Å². The van der Waals surface area contributed by atoms with Crippen LogP contribution in [0.1, 0.15) is 0 Å². The molecule has 0 saturated heterocycles. The van der Waals surface area contributed by atoms with Crippen molar-refractivity contribution in [2.75, 3.05) is 6.26 Å². The smallest absolute Gasteiger partial charge is 0.358 e. The van der Waals surface area contributed by atoms with Crippen molar-refractivity contribution < 1.29 is 4.92 Å². The van der Waals surface area contributed by atoms with Crippen molar-refractivity contribution in [2.45, 2.75) is 4.90 Å². The highest BCUT2D eigenvalue weighted by molar-refractivity contribution is 7.98. The van der Waals surface area contributed by atoms with Crippen molar-refractivity contribution in [3.05, 3.63) is 28.4 Å². The Labute approximate surface area is 67.8 Å². The van der Waals surface area contributed by atoms with Crippen LogP contribution in [0.3, 0.4) is 0 Å². The van der Waals surface area contributed by atoms with Crippen LogP contribution in [0.2, 0.25) is 0 Å². The van der Waals surface area contributed by atoms with E-state index >= 15 is 0 Å². The number of thioether (sulfide) groups is 1. The Balaban J connectivity index is 3.12. The van der Waals surface area contributed by atoms with E-state index in [9.17, 15) is 10.1 Å². The molecule has 1 heterocycles. The lowest BCUT2D eigenvalue weighted by atomic mass is 10.5. The molecule has 0 amide bonds. The van der Waals surface area contributed by atoms with Gasteiger partial charge in [-0.05, 0) is 28.3 Å². The standard InChI is InChI=1S/C6H6N2O2S/c1-11-5-3-2-4-7-6(5)8(9)10/h2-4H,1H3. The minimum Gasteiger partial charge on any atom is -0.358 e. The van der Waals surface area contributed by atoms with E-state index in [0.717, 1.165) is 0 Å². The van der Waals surface area contributed by atoms with Crippen LogP contribution in [-0.2, 0) is 0 Å². The summed E-state index contributed by atoms with van der Waals surface area (Å²) in [6.45, 7) is 0. The summed E-state index contributed by atoms with van der Waals surface area (Å²) in [5, 5.41) is 10.3. The first-order chi connectivity index (χ1) is 5.25. The van der Waals surface area contributed by atoms with E-state index in [0.29, 0.717) is 4.90 Å². The van der Waals surface area contributed by atoms with Crippen molar-refractivity contribution in [3.8, 4) is 0 Å². The molecule has 0 aromatic carbocycles. The summed E-state index contributed by atoms with van der Waals surface area (Å²) < 4.78 is 0. The van der Waals surface area contributed by atoms with Crippen LogP contribution in [-0.4, -0.2) is 16.2 Å². The van der Waals surface area contributed by atoms with Gasteiger partial charge in [-0.25, -0.2) is 0 Å². The van der Waals surface area contributed by atoms with E-state index in [1.807, 2.05) is 0 Å². The number of hydrogen-bond donors (Lipinski definition) is 0. The number of pyridine rings is 1. The van der Waals surface area contributed by atoms with Gasteiger partial charge in [-0.1, -0.05) is 0 Å². The average molecular weight is 170 g/mol. The molecule has 0 unspecified atom stereocenters. The first-order valence-electron chi connectivity index (χ1n) is 2.89. The largest absolute Gasteiger partial charge is 0.377 e. The highest BCUT2D eigenvalue weighted by atomic mass is 32.2. The second-order valence-corrected chi connectivity index (χ2v) is 2.63. The average Bonchev–Trinajstić information content (AvgIpc) is 2.04. The fourth-order valence-electron chi connectivity index (χ4n) is 0.679. The molecular weight excluding hydrogens is 164 g/mol. The van der Waals surface area contributed by atoms with E-state index in [1.165, 1.54) is 18.0 Å². The van der Waals surface area contributed by atoms with Gasteiger partial charge in [-0.2, -0.15) is 0 Å². The molecule has 1 rings (SSSR count). The van der Waals surface area contributed by atoms with E-state index in [1.54, 1.807) is 18.4 Å². The molecule has 0 radical (unpaired) electrons. The van der Waals surface area contributed by atoms with Crippen molar-refractivity contribution in [1.29, 1.82) is 0 Å². The molecule has 0 atom stereocenters. The number of nitro groups is 1. The molecule has 0 bridgehead atoms. The highest BCUT2D eigenvalue weighted by Gasteiger charge is 2.11. The zero-order valence-corrected chi connectivity index (χ0v) is 6.67. The summed E-state index contributed by atoms with van der Waals surface area (Å²) in [6.07, 6.45) is 3.20. The van der Waals surface area contributed by atoms with Crippen LogP contribution in [0.15, 0.2) is 23.2 Å². The predicted molar refractivity (Wildman–Crippen MR) is 42.7 cm³/mol. The quantitative estimate of drug-likeness (QED) is 0.385. The summed E-state index contributed by atoms with van der Waals surface area (Å²) in [5.41, 5.74) is 0. The third-order valence-corrected chi connectivity index (χ3v) is 1.90. The summed E-state index contributed by atoms with van der Waals surface area (Å²) in [4.78, 5) is 14.1. The maximum atomic E-state index is 10.3. The van der Waals surface area contributed by atoms with Crippen molar-refractivity contribution in [1.82, 2.24) is 4.98 Å². The van der Waals surface area contributed by atoms with Gasteiger partial charge in [0.2, 0.25) is 0 Å². The van der Waals surface area contributed by atoms with Gasteiger partial charge in [-0.15, -0.1) is 11.8 Å². The van der Waals surface area contributed by atoms with Crippen LogP contribution < -0.4 is 0 Å². The lowest BCUT2D eigenvalue weighted by Crippen LogP contribution is -1.92. The van der Waals surface area contributed by atoms with Gasteiger partial charge < -0.3 is 10.1 Å². The lowest BCUT2D eigenvalue weighted by molar-refractivity contribution is -0.392. The summed E-state index contributed by atoms with van der Waals surface area (Å²) >= 11 is 1.32. The summed E-state index contributed by atoms with van der Waals surface area (Å²) in [6, 6.07) is 3.36. The van der Waals surface area contributed by atoms with Gasteiger partial charge in [0.15, 0.2) is 0 Å². The van der Waals surface area contributed by atoms with Gasteiger partial charge in [0.25, 0.3) is 0 Å². The first-order valence-corrected chi connectivity index (χ1v) is 4.11. The monoisotopic (exact) mass is 170 g/mol. The Bertz CT molecular complexity index is 277. The molecule has 58 valence electrons. The van der Waals surface area contributed by atoms with Gasteiger partial charge in [0.1, 0.15) is 11.1 Å². The number of aromatic nitrogens is 1. The fraction of sp³-hybridized carbons (Fsp3) is 0.167. The molecular formula is C6H6N2O2S. The molecule has 0 saturated carbocycles. The molecule has 0 N–H and O–H groups in total. The lowest BCUT2D eigenvalue weighted by Gasteiger charge is -1.95. The van der Waals surface area contributed by atoms with E-state index in [2.05, 4.69) is 4.98 Å². The molecule has 0 spiro atoms. The molecule has 0 fully saturated rings. The maximum absolute atomic E-state index is 10.3. The third-order valence-electron chi connectivity index (χ3n) is 1.14. The van der Waals surface area contributed by atoms with Crippen LogP contribution in [0, 0.1) is 10.1 Å². The normalized spacial score (nSPS) is 9.55. The molecule has 4 nitrogen and oxygen atoms in total. The van der Waals surface area contributed by atoms with Crippen molar-refractivity contribution >= 4 is 17.6 Å².